The van der Waals surface area contributed by atoms with Crippen molar-refractivity contribution in [3.8, 4) is 0 Å². The van der Waals surface area contributed by atoms with Gasteiger partial charge in [-0.15, -0.1) is 0 Å². The van der Waals surface area contributed by atoms with Gasteiger partial charge in [0.15, 0.2) is 5.69 Å². The number of fused-ring (bicyclic) bond motifs is 1. The van der Waals surface area contributed by atoms with Crippen LogP contribution in [0.3, 0.4) is 0 Å². The first-order valence-corrected chi connectivity index (χ1v) is 18.6. The van der Waals surface area contributed by atoms with Gasteiger partial charge in [0.1, 0.15) is 12.2 Å². The third kappa shape index (κ3) is 10.2. The molecular weight excluding hydrogens is 701 g/mol. The van der Waals surface area contributed by atoms with E-state index in [9.17, 15) is 14.4 Å². The highest BCUT2D eigenvalue weighted by molar-refractivity contribution is 6.11. The van der Waals surface area contributed by atoms with E-state index >= 15 is 0 Å². The summed E-state index contributed by atoms with van der Waals surface area (Å²) in [6.45, 7) is 12.2. The molecule has 3 unspecified atom stereocenters. The van der Waals surface area contributed by atoms with Gasteiger partial charge in [-0.3, -0.25) is 20.1 Å². The molecule has 0 radical (unpaired) electrons. The Balaban J connectivity index is 1.28. The third-order valence-corrected chi connectivity index (χ3v) is 9.34. The van der Waals surface area contributed by atoms with Gasteiger partial charge in [0.05, 0.1) is 40.9 Å². The Labute approximate surface area is 321 Å². The van der Waals surface area contributed by atoms with Crippen molar-refractivity contribution < 1.29 is 23.9 Å². The first-order chi connectivity index (χ1) is 26.5. The summed E-state index contributed by atoms with van der Waals surface area (Å²) in [5.74, 6) is -0.570. The largest absolute Gasteiger partial charge is 0.444 e. The molecule has 290 valence electrons. The minimum atomic E-state index is -0.726. The van der Waals surface area contributed by atoms with E-state index in [4.69, 9.17) is 20.2 Å². The molecule has 2 aromatic carbocycles. The molecule has 2 fully saturated rings. The first kappa shape index (κ1) is 38.9. The van der Waals surface area contributed by atoms with Crippen molar-refractivity contribution in [2.24, 2.45) is 16.6 Å². The summed E-state index contributed by atoms with van der Waals surface area (Å²) in [6.07, 6.45) is 3.60. The highest BCUT2D eigenvalue weighted by Crippen LogP contribution is 2.32. The molecule has 6 N–H and O–H groups in total. The van der Waals surface area contributed by atoms with Crippen LogP contribution in [0.15, 0.2) is 78.0 Å². The molecule has 3 atom stereocenters. The van der Waals surface area contributed by atoms with Crippen LogP contribution in [-0.4, -0.2) is 97.8 Å². The number of amides is 3. The SMILES string of the molecule is CC1CN(c2ccncc2NC(=O)c2nc3cc(N4CCNCC4)ccc3cc2NC(=O)OCc2ccccc2)CC(NC(=O)OC(C)(C)C)C1N=CCN. The number of ether oxygens (including phenoxy) is 2. The Morgan fingerprint density at radius 1 is 0.982 bits per heavy atom. The van der Waals surface area contributed by atoms with Crippen LogP contribution in [0.1, 0.15) is 43.7 Å². The fourth-order valence-electron chi connectivity index (χ4n) is 6.85. The van der Waals surface area contributed by atoms with E-state index in [1.165, 1.54) is 0 Å². The second-order valence-electron chi connectivity index (χ2n) is 14.7. The van der Waals surface area contributed by atoms with Gasteiger partial charge in [-0.25, -0.2) is 14.6 Å². The zero-order valence-corrected chi connectivity index (χ0v) is 31.7. The van der Waals surface area contributed by atoms with Crippen LogP contribution in [0.25, 0.3) is 10.9 Å². The average molecular weight is 751 g/mol. The summed E-state index contributed by atoms with van der Waals surface area (Å²) in [6, 6.07) is 18.1. The van der Waals surface area contributed by atoms with Crippen molar-refractivity contribution in [1.29, 1.82) is 0 Å². The molecule has 0 bridgehead atoms. The van der Waals surface area contributed by atoms with Crippen molar-refractivity contribution in [3.05, 3.63) is 84.3 Å². The second kappa shape index (κ2) is 17.6. The van der Waals surface area contributed by atoms with Crippen molar-refractivity contribution in [2.75, 3.05) is 66.2 Å². The monoisotopic (exact) mass is 750 g/mol. The number of nitrogens with one attached hydrogen (secondary N) is 4. The van der Waals surface area contributed by atoms with E-state index in [1.54, 1.807) is 24.7 Å². The van der Waals surface area contributed by atoms with Gasteiger partial charge in [-0.05, 0) is 56.5 Å². The lowest BCUT2D eigenvalue weighted by atomic mass is 9.89. The summed E-state index contributed by atoms with van der Waals surface area (Å²) >= 11 is 0. The number of piperazine rings is 1. The maximum absolute atomic E-state index is 14.3. The summed E-state index contributed by atoms with van der Waals surface area (Å²) in [7, 11) is 0. The number of aliphatic imine (C=N–C) groups is 1. The number of rotatable bonds is 10. The molecule has 2 aromatic heterocycles. The van der Waals surface area contributed by atoms with Crippen LogP contribution in [0.5, 0.6) is 0 Å². The Hall–Kier alpha value is -5.80. The molecular formula is C40H50N10O5. The molecule has 4 aromatic rings. The Bertz CT molecular complexity index is 2000. The number of benzene rings is 2. The van der Waals surface area contributed by atoms with Gasteiger partial charge in [0, 0.05) is 69.3 Å². The standard InChI is InChI=1S/C40H50N10O5/c1-26-23-50(24-33(35(26)44-15-13-41)48-39(53)55-40(2,3)4)34-12-14-43-22-32(34)46-37(51)36-31(47-38(52)54-25-27-8-6-5-7-9-27)20-28-10-11-29(21-30(28)45-36)49-18-16-42-17-19-49/h5-12,14-15,20-22,26,33,35,42H,13,16-19,23-25,41H2,1-4H3,(H,46,51)(H,47,52)(H,48,53). The molecule has 2 aliphatic heterocycles. The molecule has 55 heavy (non-hydrogen) atoms. The van der Waals surface area contributed by atoms with Crippen molar-refractivity contribution in [2.45, 2.75) is 52.0 Å². The van der Waals surface area contributed by atoms with E-state index < -0.39 is 29.7 Å². The molecule has 15 nitrogen and oxygen atoms in total. The van der Waals surface area contributed by atoms with Crippen LogP contribution in [0.4, 0.5) is 32.3 Å². The number of nitrogens with two attached hydrogens (primary N) is 1. The number of hydrogen-bond acceptors (Lipinski definition) is 12. The minimum Gasteiger partial charge on any atom is -0.444 e. The highest BCUT2D eigenvalue weighted by atomic mass is 16.6. The maximum atomic E-state index is 14.3. The average Bonchev–Trinajstić information content (AvgIpc) is 3.16. The van der Waals surface area contributed by atoms with Gasteiger partial charge in [0.25, 0.3) is 5.91 Å². The lowest BCUT2D eigenvalue weighted by Gasteiger charge is -2.42. The molecule has 15 heteroatoms. The molecule has 2 saturated heterocycles. The Morgan fingerprint density at radius 2 is 1.76 bits per heavy atom. The fourth-order valence-corrected chi connectivity index (χ4v) is 6.85. The predicted molar refractivity (Wildman–Crippen MR) is 215 cm³/mol. The van der Waals surface area contributed by atoms with Crippen molar-refractivity contribution in [3.63, 3.8) is 0 Å². The van der Waals surface area contributed by atoms with E-state index in [0.29, 0.717) is 30.0 Å². The number of aromatic nitrogens is 2. The normalized spacial score (nSPS) is 18.9. The number of carbonyl (C=O) groups excluding carboxylic acids is 3. The van der Waals surface area contributed by atoms with Gasteiger partial charge in [0.2, 0.25) is 0 Å². The van der Waals surface area contributed by atoms with Crippen molar-refractivity contribution >= 4 is 58.0 Å². The third-order valence-electron chi connectivity index (χ3n) is 9.34. The van der Waals surface area contributed by atoms with Crippen LogP contribution in [0, 0.1) is 5.92 Å². The number of nitrogens with zero attached hydrogens (tertiary/aromatic N) is 5. The van der Waals surface area contributed by atoms with Crippen molar-refractivity contribution in [1.82, 2.24) is 20.6 Å². The Kier molecular flexibility index (Phi) is 12.4. The summed E-state index contributed by atoms with van der Waals surface area (Å²) in [5, 5.41) is 12.9. The number of anilines is 4. The van der Waals surface area contributed by atoms with E-state index in [2.05, 4.69) is 48.0 Å². The van der Waals surface area contributed by atoms with E-state index in [0.717, 1.165) is 42.8 Å². The van der Waals surface area contributed by atoms with Crippen LogP contribution >= 0.6 is 0 Å². The second-order valence-corrected chi connectivity index (χ2v) is 14.7. The van der Waals surface area contributed by atoms with Crippen LogP contribution < -0.4 is 36.8 Å². The number of alkyl carbamates (subject to hydrolysis) is 1. The molecule has 2 aliphatic rings. The maximum Gasteiger partial charge on any atom is 0.412 e. The van der Waals surface area contributed by atoms with E-state index in [-0.39, 0.29) is 36.5 Å². The molecule has 3 amide bonds. The summed E-state index contributed by atoms with van der Waals surface area (Å²) in [4.78, 5) is 58.5. The lowest BCUT2D eigenvalue weighted by Crippen LogP contribution is -2.58. The molecule has 4 heterocycles. The molecule has 0 spiro atoms. The highest BCUT2D eigenvalue weighted by Gasteiger charge is 2.37. The number of hydrogen-bond donors (Lipinski definition) is 5. The quantitative estimate of drug-likeness (QED) is 0.140. The van der Waals surface area contributed by atoms with Gasteiger partial charge < -0.3 is 41.0 Å². The predicted octanol–water partition coefficient (Wildman–Crippen LogP) is 4.79. The zero-order chi connectivity index (χ0) is 39.0. The number of pyridine rings is 2. The summed E-state index contributed by atoms with van der Waals surface area (Å²) < 4.78 is 11.1. The van der Waals surface area contributed by atoms with Gasteiger partial charge >= 0.3 is 12.2 Å². The molecule has 6 rings (SSSR count). The molecule has 0 saturated carbocycles. The minimum absolute atomic E-state index is 0.00379. The summed E-state index contributed by atoms with van der Waals surface area (Å²) in [5.41, 5.74) is 8.78. The fraction of sp³-hybridized carbons (Fsp3) is 0.400. The smallest absolute Gasteiger partial charge is 0.412 e. The number of carbonyl (C=O) groups is 3. The zero-order valence-electron chi connectivity index (χ0n) is 31.7. The van der Waals surface area contributed by atoms with Crippen LogP contribution in [0.2, 0.25) is 0 Å². The number of piperidine rings is 1. The Morgan fingerprint density at radius 3 is 2.51 bits per heavy atom. The van der Waals surface area contributed by atoms with E-state index in [1.807, 2.05) is 75.4 Å². The molecule has 0 aliphatic carbocycles. The first-order valence-electron chi connectivity index (χ1n) is 18.6. The topological polar surface area (TPSA) is 188 Å². The van der Waals surface area contributed by atoms with Gasteiger partial charge in [-0.1, -0.05) is 43.3 Å². The van der Waals surface area contributed by atoms with Crippen LogP contribution in [-0.2, 0) is 16.1 Å². The van der Waals surface area contributed by atoms with Gasteiger partial charge in [-0.2, -0.15) is 0 Å². The lowest BCUT2D eigenvalue weighted by molar-refractivity contribution is 0.0487.